The molecule has 0 radical (unpaired) electrons. The molecule has 1 N–H and O–H groups in total. The van der Waals surface area contributed by atoms with Crippen molar-refractivity contribution in [2.75, 3.05) is 27.4 Å². The molecule has 126 valence electrons. The molecule has 0 spiro atoms. The summed E-state index contributed by atoms with van der Waals surface area (Å²) in [5.74, 6) is -0.792. The number of nitrogens with zero attached hydrogens (tertiary/aromatic N) is 1. The SMILES string of the molecule is COC1(OC)C=C(C(C)(C)C)C(=O)CC1N1CCC[C@H]1CO. The number of aliphatic hydroxyl groups excluding tert-OH is 1. The highest BCUT2D eigenvalue weighted by Crippen LogP contribution is 2.40. The number of rotatable bonds is 4. The molecule has 1 aliphatic heterocycles. The molecule has 2 aliphatic rings. The quantitative estimate of drug-likeness (QED) is 0.802. The van der Waals surface area contributed by atoms with Gasteiger partial charge in [0.25, 0.3) is 0 Å². The summed E-state index contributed by atoms with van der Waals surface area (Å²) < 4.78 is 11.5. The lowest BCUT2D eigenvalue weighted by atomic mass is 9.75. The number of ether oxygens (including phenoxy) is 2. The van der Waals surface area contributed by atoms with Gasteiger partial charge in [0, 0.05) is 32.3 Å². The van der Waals surface area contributed by atoms with Crippen molar-refractivity contribution < 1.29 is 19.4 Å². The third-order valence-corrected chi connectivity index (χ3v) is 4.97. The third-order valence-electron chi connectivity index (χ3n) is 4.97. The van der Waals surface area contributed by atoms with Crippen LogP contribution < -0.4 is 0 Å². The average Bonchev–Trinajstić information content (AvgIpc) is 2.94. The van der Waals surface area contributed by atoms with Crippen LogP contribution in [-0.4, -0.2) is 61.0 Å². The summed E-state index contributed by atoms with van der Waals surface area (Å²) in [7, 11) is 3.24. The van der Waals surface area contributed by atoms with Gasteiger partial charge in [-0.25, -0.2) is 0 Å². The van der Waals surface area contributed by atoms with E-state index in [1.54, 1.807) is 14.2 Å². The number of ketones is 1. The van der Waals surface area contributed by atoms with E-state index >= 15 is 0 Å². The van der Waals surface area contributed by atoms with Crippen molar-refractivity contribution in [1.29, 1.82) is 0 Å². The molecular formula is C17H29NO4. The summed E-state index contributed by atoms with van der Waals surface area (Å²) in [5.41, 5.74) is 0.512. The fourth-order valence-electron chi connectivity index (χ4n) is 3.73. The van der Waals surface area contributed by atoms with E-state index in [2.05, 4.69) is 4.90 Å². The summed E-state index contributed by atoms with van der Waals surface area (Å²) in [4.78, 5) is 14.8. The van der Waals surface area contributed by atoms with Gasteiger partial charge in [-0.15, -0.1) is 0 Å². The van der Waals surface area contributed by atoms with Crippen molar-refractivity contribution in [3.63, 3.8) is 0 Å². The first-order valence-corrected chi connectivity index (χ1v) is 8.02. The van der Waals surface area contributed by atoms with Crippen LogP contribution in [0.15, 0.2) is 11.6 Å². The first-order valence-electron chi connectivity index (χ1n) is 8.02. The Bertz CT molecular complexity index is 448. The van der Waals surface area contributed by atoms with E-state index in [1.807, 2.05) is 26.8 Å². The van der Waals surface area contributed by atoms with Gasteiger partial charge in [-0.2, -0.15) is 0 Å². The number of carbonyl (C=O) groups excluding carboxylic acids is 1. The first-order chi connectivity index (χ1) is 10.3. The van der Waals surface area contributed by atoms with Gasteiger partial charge in [0.15, 0.2) is 5.78 Å². The molecule has 5 nitrogen and oxygen atoms in total. The molecule has 0 saturated carbocycles. The zero-order valence-electron chi connectivity index (χ0n) is 14.4. The topological polar surface area (TPSA) is 59.0 Å². The molecule has 1 aliphatic carbocycles. The maximum atomic E-state index is 12.7. The van der Waals surface area contributed by atoms with Crippen molar-refractivity contribution in [3.8, 4) is 0 Å². The molecule has 0 aromatic heterocycles. The molecular weight excluding hydrogens is 282 g/mol. The second kappa shape index (κ2) is 6.40. The maximum absolute atomic E-state index is 12.7. The van der Waals surface area contributed by atoms with E-state index in [9.17, 15) is 9.90 Å². The van der Waals surface area contributed by atoms with E-state index in [-0.39, 0.29) is 29.9 Å². The summed E-state index contributed by atoms with van der Waals surface area (Å²) in [5, 5.41) is 9.61. The molecule has 1 unspecified atom stereocenters. The zero-order chi connectivity index (χ0) is 16.5. The van der Waals surface area contributed by atoms with Crippen LogP contribution in [0.5, 0.6) is 0 Å². The molecule has 0 bridgehead atoms. The number of hydrogen-bond acceptors (Lipinski definition) is 5. The van der Waals surface area contributed by atoms with E-state index in [0.717, 1.165) is 25.0 Å². The van der Waals surface area contributed by atoms with E-state index in [4.69, 9.17) is 9.47 Å². The summed E-state index contributed by atoms with van der Waals surface area (Å²) >= 11 is 0. The van der Waals surface area contributed by atoms with Crippen LogP contribution in [0.1, 0.15) is 40.0 Å². The molecule has 1 fully saturated rings. The predicted molar refractivity (Wildman–Crippen MR) is 84.5 cm³/mol. The summed E-state index contributed by atoms with van der Waals surface area (Å²) in [6.45, 7) is 7.04. The van der Waals surface area contributed by atoms with Crippen LogP contribution in [0.25, 0.3) is 0 Å². The molecule has 0 aromatic rings. The van der Waals surface area contributed by atoms with Gasteiger partial charge in [0.1, 0.15) is 0 Å². The normalized spacial score (nSPS) is 29.7. The van der Waals surface area contributed by atoms with Crippen LogP contribution in [0.4, 0.5) is 0 Å². The summed E-state index contributed by atoms with van der Waals surface area (Å²) in [6.07, 6.45) is 4.19. The number of Topliss-reactive ketones (excluding diaryl/α,β-unsaturated/α-hetero) is 1. The smallest absolute Gasteiger partial charge is 0.204 e. The van der Waals surface area contributed by atoms with Gasteiger partial charge in [-0.3, -0.25) is 9.69 Å². The number of aliphatic hydroxyl groups is 1. The fourth-order valence-corrected chi connectivity index (χ4v) is 3.73. The summed E-state index contributed by atoms with van der Waals surface area (Å²) in [6, 6.07) is -0.118. The molecule has 5 heteroatoms. The minimum atomic E-state index is -0.936. The van der Waals surface area contributed by atoms with E-state index in [1.165, 1.54) is 0 Å². The van der Waals surface area contributed by atoms with Crippen LogP contribution in [0.3, 0.4) is 0 Å². The Kier molecular flexibility index (Phi) is 5.12. The molecule has 1 saturated heterocycles. The highest BCUT2D eigenvalue weighted by atomic mass is 16.7. The Morgan fingerprint density at radius 2 is 2.00 bits per heavy atom. The zero-order valence-corrected chi connectivity index (χ0v) is 14.4. The van der Waals surface area contributed by atoms with Crippen LogP contribution >= 0.6 is 0 Å². The van der Waals surface area contributed by atoms with Crippen molar-refractivity contribution in [3.05, 3.63) is 11.6 Å². The molecule has 1 heterocycles. The number of methoxy groups -OCH3 is 2. The van der Waals surface area contributed by atoms with Gasteiger partial charge in [0.05, 0.1) is 12.6 Å². The Balaban J connectivity index is 2.43. The largest absolute Gasteiger partial charge is 0.395 e. The van der Waals surface area contributed by atoms with Gasteiger partial charge in [-0.05, 0) is 30.9 Å². The van der Waals surface area contributed by atoms with E-state index in [0.29, 0.717) is 6.42 Å². The first kappa shape index (κ1) is 17.6. The van der Waals surface area contributed by atoms with Gasteiger partial charge in [-0.1, -0.05) is 20.8 Å². The number of carbonyl (C=O) groups is 1. The molecule has 2 rings (SSSR count). The third kappa shape index (κ3) is 3.00. The van der Waals surface area contributed by atoms with Gasteiger partial charge >= 0.3 is 0 Å². The minimum absolute atomic E-state index is 0.0760. The Morgan fingerprint density at radius 1 is 1.36 bits per heavy atom. The molecule has 22 heavy (non-hydrogen) atoms. The Hall–Kier alpha value is -0.750. The standard InChI is InChI=1S/C17H29NO4/c1-16(2,3)13-10-17(21-4,22-5)15(9-14(13)20)18-8-6-7-12(18)11-19/h10,12,15,19H,6-9,11H2,1-5H3/t12-,15?/m0/s1. The molecule has 2 atom stereocenters. The number of allylic oxidation sites excluding steroid dienone is 1. The van der Waals surface area contributed by atoms with Crippen LogP contribution in [-0.2, 0) is 14.3 Å². The van der Waals surface area contributed by atoms with Crippen LogP contribution in [0.2, 0.25) is 0 Å². The average molecular weight is 311 g/mol. The lowest BCUT2D eigenvalue weighted by molar-refractivity contribution is -0.217. The Morgan fingerprint density at radius 3 is 2.50 bits per heavy atom. The van der Waals surface area contributed by atoms with Crippen molar-refractivity contribution in [2.24, 2.45) is 5.41 Å². The fraction of sp³-hybridized carbons (Fsp3) is 0.824. The lowest BCUT2D eigenvalue weighted by Gasteiger charge is -2.46. The van der Waals surface area contributed by atoms with Gasteiger partial charge in [0.2, 0.25) is 5.79 Å². The number of likely N-dealkylation sites (tertiary alicyclic amines) is 1. The molecule has 0 amide bonds. The Labute approximate surface area is 133 Å². The van der Waals surface area contributed by atoms with Crippen molar-refractivity contribution in [2.45, 2.75) is 57.9 Å². The minimum Gasteiger partial charge on any atom is -0.395 e. The maximum Gasteiger partial charge on any atom is 0.204 e. The van der Waals surface area contributed by atoms with Crippen molar-refractivity contribution >= 4 is 5.78 Å². The second-order valence-electron chi connectivity index (χ2n) is 7.30. The van der Waals surface area contributed by atoms with E-state index < -0.39 is 5.79 Å². The highest BCUT2D eigenvalue weighted by Gasteiger charge is 2.50. The molecule has 0 aromatic carbocycles. The predicted octanol–water partition coefficient (Wildman–Crippen LogP) is 1.75. The van der Waals surface area contributed by atoms with Crippen LogP contribution in [0, 0.1) is 5.41 Å². The second-order valence-corrected chi connectivity index (χ2v) is 7.30. The van der Waals surface area contributed by atoms with Gasteiger partial charge < -0.3 is 14.6 Å². The number of hydrogen-bond donors (Lipinski definition) is 1. The monoisotopic (exact) mass is 311 g/mol. The lowest BCUT2D eigenvalue weighted by Crippen LogP contribution is -2.59. The highest BCUT2D eigenvalue weighted by molar-refractivity contribution is 5.98. The van der Waals surface area contributed by atoms with Crippen molar-refractivity contribution in [1.82, 2.24) is 4.90 Å².